The molecule has 0 aliphatic heterocycles. The van der Waals surface area contributed by atoms with Gasteiger partial charge in [0.05, 0.1) is 24.2 Å². The van der Waals surface area contributed by atoms with Gasteiger partial charge in [0.25, 0.3) is 0 Å². The van der Waals surface area contributed by atoms with Crippen molar-refractivity contribution < 1.29 is 9.53 Å². The molecule has 0 atom stereocenters. The van der Waals surface area contributed by atoms with Gasteiger partial charge in [-0.25, -0.2) is 0 Å². The first kappa shape index (κ1) is 16.4. The van der Waals surface area contributed by atoms with Gasteiger partial charge in [0.15, 0.2) is 0 Å². The fourth-order valence-electron chi connectivity index (χ4n) is 2.21. The van der Waals surface area contributed by atoms with Crippen LogP contribution >= 0.6 is 11.8 Å². The maximum Gasteiger partial charge on any atom is 0.234 e. The zero-order valence-electron chi connectivity index (χ0n) is 13.3. The second kappa shape index (κ2) is 7.31. The zero-order valence-corrected chi connectivity index (χ0v) is 14.1. The smallest absolute Gasteiger partial charge is 0.234 e. The van der Waals surface area contributed by atoms with Crippen LogP contribution in [-0.2, 0) is 4.79 Å². The topological polar surface area (TPSA) is 51.2 Å². The number of aromatic nitrogens is 1. The van der Waals surface area contributed by atoms with Crippen molar-refractivity contribution >= 4 is 23.4 Å². The van der Waals surface area contributed by atoms with Gasteiger partial charge in [0.2, 0.25) is 5.91 Å². The van der Waals surface area contributed by atoms with E-state index in [1.165, 1.54) is 11.8 Å². The molecule has 116 valence electrons. The number of pyridine rings is 1. The Morgan fingerprint density at radius 2 is 1.91 bits per heavy atom. The molecule has 1 aromatic carbocycles. The minimum Gasteiger partial charge on any atom is -0.497 e. The number of nitrogens with zero attached hydrogens (tertiary/aromatic N) is 1. The Kier molecular flexibility index (Phi) is 5.44. The van der Waals surface area contributed by atoms with Gasteiger partial charge in [-0.2, -0.15) is 0 Å². The Morgan fingerprint density at radius 1 is 1.23 bits per heavy atom. The third kappa shape index (κ3) is 4.24. The molecule has 1 aromatic heterocycles. The number of amides is 1. The number of carbonyl (C=O) groups is 1. The predicted octanol–water partition coefficient (Wildman–Crippen LogP) is 3.75. The molecule has 1 N–H and O–H groups in total. The summed E-state index contributed by atoms with van der Waals surface area (Å²) in [5.41, 5.74) is 3.65. The number of carbonyl (C=O) groups excluding carboxylic acids is 1. The number of thioether (sulfide) groups is 1. The normalized spacial score (nSPS) is 10.4. The Balaban J connectivity index is 1.95. The van der Waals surface area contributed by atoms with Crippen LogP contribution in [0.1, 0.15) is 17.0 Å². The Labute approximate surface area is 135 Å². The van der Waals surface area contributed by atoms with Crippen LogP contribution in [0.5, 0.6) is 5.75 Å². The molecule has 0 aliphatic carbocycles. The molecule has 0 fully saturated rings. The summed E-state index contributed by atoms with van der Waals surface area (Å²) < 4.78 is 5.11. The molecule has 0 unspecified atom stereocenters. The van der Waals surface area contributed by atoms with Crippen molar-refractivity contribution in [1.82, 2.24) is 4.98 Å². The summed E-state index contributed by atoms with van der Waals surface area (Å²) >= 11 is 1.49. The van der Waals surface area contributed by atoms with E-state index in [1.807, 2.05) is 51.1 Å². The highest BCUT2D eigenvalue weighted by Gasteiger charge is 2.09. The quantitative estimate of drug-likeness (QED) is 0.854. The molecule has 5 heteroatoms. The zero-order chi connectivity index (χ0) is 16.1. The van der Waals surface area contributed by atoms with E-state index in [4.69, 9.17) is 4.74 Å². The van der Waals surface area contributed by atoms with Gasteiger partial charge in [-0.05, 0) is 56.7 Å². The number of hydrogen-bond donors (Lipinski definition) is 1. The van der Waals surface area contributed by atoms with E-state index in [9.17, 15) is 4.79 Å². The van der Waals surface area contributed by atoms with Crippen LogP contribution in [-0.4, -0.2) is 23.8 Å². The van der Waals surface area contributed by atoms with E-state index in [0.29, 0.717) is 5.75 Å². The number of hydrogen-bond acceptors (Lipinski definition) is 4. The average molecular weight is 316 g/mol. The highest BCUT2D eigenvalue weighted by Crippen LogP contribution is 2.23. The maximum absolute atomic E-state index is 12.1. The largest absolute Gasteiger partial charge is 0.497 e. The van der Waals surface area contributed by atoms with E-state index >= 15 is 0 Å². The molecule has 0 bridgehead atoms. The van der Waals surface area contributed by atoms with Crippen LogP contribution < -0.4 is 10.1 Å². The van der Waals surface area contributed by atoms with Crippen LogP contribution in [0.4, 0.5) is 5.69 Å². The Bertz CT molecular complexity index is 646. The van der Waals surface area contributed by atoms with Gasteiger partial charge in [-0.15, -0.1) is 11.8 Å². The van der Waals surface area contributed by atoms with Crippen LogP contribution in [0, 0.1) is 20.8 Å². The summed E-state index contributed by atoms with van der Waals surface area (Å²) in [4.78, 5) is 17.5. The lowest BCUT2D eigenvalue weighted by Crippen LogP contribution is -2.16. The summed E-state index contributed by atoms with van der Waals surface area (Å²) in [6, 6.07) is 9.64. The lowest BCUT2D eigenvalue weighted by Gasteiger charge is -2.12. The number of aryl methyl sites for hydroxylation is 3. The van der Waals surface area contributed by atoms with Crippen LogP contribution in [0.3, 0.4) is 0 Å². The molecule has 1 amide bonds. The first-order chi connectivity index (χ1) is 10.5. The predicted molar refractivity (Wildman–Crippen MR) is 90.8 cm³/mol. The van der Waals surface area contributed by atoms with Gasteiger partial charge in [-0.3, -0.25) is 9.78 Å². The molecule has 0 aliphatic rings. The molecule has 0 saturated heterocycles. The summed E-state index contributed by atoms with van der Waals surface area (Å²) in [5, 5.41) is 2.95. The first-order valence-electron chi connectivity index (χ1n) is 7.01. The summed E-state index contributed by atoms with van der Waals surface area (Å²) in [6.45, 7) is 5.84. The van der Waals surface area contributed by atoms with E-state index in [2.05, 4.69) is 10.3 Å². The lowest BCUT2D eigenvalue weighted by molar-refractivity contribution is -0.113. The SMILES string of the molecule is COc1ccc(SCC(=O)Nc2c(C)cc(C)nc2C)cc1. The van der Waals surface area contributed by atoms with Crippen molar-refractivity contribution in [2.75, 3.05) is 18.2 Å². The number of benzene rings is 1. The van der Waals surface area contributed by atoms with E-state index in [1.54, 1.807) is 7.11 Å². The van der Waals surface area contributed by atoms with E-state index < -0.39 is 0 Å². The van der Waals surface area contributed by atoms with Gasteiger partial charge in [0, 0.05) is 10.6 Å². The van der Waals surface area contributed by atoms with Crippen molar-refractivity contribution in [3.8, 4) is 5.75 Å². The van der Waals surface area contributed by atoms with Crippen LogP contribution in [0.15, 0.2) is 35.2 Å². The second-order valence-electron chi connectivity index (χ2n) is 5.05. The van der Waals surface area contributed by atoms with Gasteiger partial charge >= 0.3 is 0 Å². The van der Waals surface area contributed by atoms with E-state index in [-0.39, 0.29) is 5.91 Å². The second-order valence-corrected chi connectivity index (χ2v) is 6.10. The molecule has 0 spiro atoms. The summed E-state index contributed by atoms with van der Waals surface area (Å²) in [7, 11) is 1.63. The monoisotopic (exact) mass is 316 g/mol. The Morgan fingerprint density at radius 3 is 2.50 bits per heavy atom. The maximum atomic E-state index is 12.1. The molecule has 0 saturated carbocycles. The Hall–Kier alpha value is -2.01. The lowest BCUT2D eigenvalue weighted by atomic mass is 10.1. The van der Waals surface area contributed by atoms with Crippen molar-refractivity contribution in [3.63, 3.8) is 0 Å². The highest BCUT2D eigenvalue weighted by atomic mass is 32.2. The molecule has 1 heterocycles. The standard InChI is InChI=1S/C17H20N2O2S/c1-11-9-12(2)18-13(3)17(11)19-16(20)10-22-15-7-5-14(21-4)6-8-15/h5-9H,10H2,1-4H3,(H,19,20). The minimum atomic E-state index is -0.0299. The number of methoxy groups -OCH3 is 1. The van der Waals surface area contributed by atoms with Crippen molar-refractivity contribution in [1.29, 1.82) is 0 Å². The molecular formula is C17H20N2O2S. The molecule has 2 rings (SSSR count). The summed E-state index contributed by atoms with van der Waals surface area (Å²) in [6.07, 6.45) is 0. The molecular weight excluding hydrogens is 296 g/mol. The summed E-state index contributed by atoms with van der Waals surface area (Å²) in [5.74, 6) is 1.14. The molecule has 4 nitrogen and oxygen atoms in total. The van der Waals surface area contributed by atoms with Gasteiger partial charge in [-0.1, -0.05) is 0 Å². The molecule has 2 aromatic rings. The van der Waals surface area contributed by atoms with Crippen molar-refractivity contribution in [2.45, 2.75) is 25.7 Å². The van der Waals surface area contributed by atoms with Crippen LogP contribution in [0.2, 0.25) is 0 Å². The van der Waals surface area contributed by atoms with Gasteiger partial charge < -0.3 is 10.1 Å². The number of rotatable bonds is 5. The van der Waals surface area contributed by atoms with E-state index in [0.717, 1.165) is 33.3 Å². The minimum absolute atomic E-state index is 0.0299. The van der Waals surface area contributed by atoms with Crippen molar-refractivity contribution in [2.24, 2.45) is 0 Å². The molecule has 0 radical (unpaired) electrons. The first-order valence-corrected chi connectivity index (χ1v) is 7.99. The molecule has 22 heavy (non-hydrogen) atoms. The number of ether oxygens (including phenoxy) is 1. The average Bonchev–Trinajstić information content (AvgIpc) is 2.49. The fourth-order valence-corrected chi connectivity index (χ4v) is 2.91. The fraction of sp³-hybridized carbons (Fsp3) is 0.294. The third-order valence-electron chi connectivity index (χ3n) is 3.22. The van der Waals surface area contributed by atoms with Gasteiger partial charge in [0.1, 0.15) is 5.75 Å². The number of anilines is 1. The highest BCUT2D eigenvalue weighted by molar-refractivity contribution is 8.00. The van der Waals surface area contributed by atoms with Crippen LogP contribution in [0.25, 0.3) is 0 Å². The number of nitrogens with one attached hydrogen (secondary N) is 1. The van der Waals surface area contributed by atoms with Crippen molar-refractivity contribution in [3.05, 3.63) is 47.3 Å². The third-order valence-corrected chi connectivity index (χ3v) is 4.23.